The van der Waals surface area contributed by atoms with E-state index in [0.29, 0.717) is 12.1 Å². The van der Waals surface area contributed by atoms with E-state index >= 15 is 0 Å². The van der Waals surface area contributed by atoms with Crippen LogP contribution in [-0.4, -0.2) is 43.1 Å². The van der Waals surface area contributed by atoms with Crippen molar-refractivity contribution < 1.29 is 36.2 Å². The first-order chi connectivity index (χ1) is 12.6. The van der Waals surface area contributed by atoms with Gasteiger partial charge in [-0.25, -0.2) is 26.0 Å². The van der Waals surface area contributed by atoms with Gasteiger partial charge in [-0.15, -0.1) is 0 Å². The van der Waals surface area contributed by atoms with Gasteiger partial charge in [0.1, 0.15) is 10.7 Å². The minimum absolute atomic E-state index is 0.127. The predicted octanol–water partition coefficient (Wildman–Crippen LogP) is 1.96. The molecular weight excluding hydrogens is 392 g/mol. The normalized spacial score (nSPS) is 13.0. The van der Waals surface area contributed by atoms with Crippen molar-refractivity contribution in [1.82, 2.24) is 4.31 Å². The van der Waals surface area contributed by atoms with E-state index in [2.05, 4.69) is 5.32 Å². The molecule has 0 aromatic heterocycles. The number of halogens is 4. The van der Waals surface area contributed by atoms with Crippen LogP contribution in [0.2, 0.25) is 0 Å². The molecule has 1 atom stereocenters. The fraction of sp³-hybridized carbons (Fsp3) is 0.250. The molecule has 0 bridgehead atoms. The third-order valence-corrected chi connectivity index (χ3v) is 5.53. The van der Waals surface area contributed by atoms with Crippen molar-refractivity contribution in [2.24, 2.45) is 0 Å². The molecule has 0 fully saturated rings. The Hall–Kier alpha value is -2.21. The summed E-state index contributed by atoms with van der Waals surface area (Å²) in [6.07, 6.45) is -1.67. The van der Waals surface area contributed by atoms with Crippen LogP contribution < -0.4 is 5.32 Å². The van der Waals surface area contributed by atoms with Crippen LogP contribution in [0.15, 0.2) is 35.2 Å². The van der Waals surface area contributed by atoms with Gasteiger partial charge in [0, 0.05) is 37.0 Å². The van der Waals surface area contributed by atoms with Crippen molar-refractivity contribution in [1.29, 1.82) is 0 Å². The van der Waals surface area contributed by atoms with E-state index in [1.165, 1.54) is 0 Å². The molecule has 27 heavy (non-hydrogen) atoms. The monoisotopic (exact) mass is 408 g/mol. The highest BCUT2D eigenvalue weighted by molar-refractivity contribution is 7.89. The summed E-state index contributed by atoms with van der Waals surface area (Å²) in [5.41, 5.74) is -0.442. The number of aliphatic hydroxyl groups is 2. The summed E-state index contributed by atoms with van der Waals surface area (Å²) in [6, 6.07) is 3.89. The summed E-state index contributed by atoms with van der Waals surface area (Å²) in [4.78, 5) is -0.756. The van der Waals surface area contributed by atoms with Gasteiger partial charge >= 0.3 is 0 Å². The van der Waals surface area contributed by atoms with Crippen LogP contribution in [0.1, 0.15) is 11.8 Å². The van der Waals surface area contributed by atoms with Crippen molar-refractivity contribution in [3.05, 3.63) is 59.2 Å². The van der Waals surface area contributed by atoms with E-state index < -0.39 is 51.0 Å². The molecule has 2 aromatic rings. The summed E-state index contributed by atoms with van der Waals surface area (Å²) in [5.74, 6) is -5.75. The quantitative estimate of drug-likeness (QED) is 0.370. The summed E-state index contributed by atoms with van der Waals surface area (Å²) < 4.78 is 78.8. The van der Waals surface area contributed by atoms with Crippen LogP contribution in [-0.2, 0) is 10.0 Å². The second-order valence-corrected chi connectivity index (χ2v) is 7.55. The Morgan fingerprint density at radius 1 is 1.07 bits per heavy atom. The zero-order valence-electron chi connectivity index (χ0n) is 14.0. The molecule has 0 saturated carbocycles. The third kappa shape index (κ3) is 4.56. The molecular formula is C16H16F4N2O4S. The average Bonchev–Trinajstić information content (AvgIpc) is 2.59. The molecule has 0 radical (unpaired) electrons. The van der Waals surface area contributed by atoms with Gasteiger partial charge in [-0.1, -0.05) is 6.07 Å². The van der Waals surface area contributed by atoms with Crippen molar-refractivity contribution in [2.75, 3.05) is 25.5 Å². The molecule has 11 heteroatoms. The van der Waals surface area contributed by atoms with Gasteiger partial charge in [-0.2, -0.15) is 4.31 Å². The molecule has 0 saturated heterocycles. The van der Waals surface area contributed by atoms with E-state index in [0.717, 1.165) is 29.6 Å². The zero-order valence-corrected chi connectivity index (χ0v) is 14.8. The number of nitrogens with zero attached hydrogens (tertiary/aromatic N) is 1. The lowest BCUT2D eigenvalue weighted by Gasteiger charge is -2.19. The molecule has 2 aromatic carbocycles. The fourth-order valence-corrected chi connectivity index (χ4v) is 3.45. The minimum atomic E-state index is -4.29. The minimum Gasteiger partial charge on any atom is -0.395 e. The second kappa shape index (κ2) is 8.21. The Labute approximate surface area is 152 Å². The van der Waals surface area contributed by atoms with Crippen molar-refractivity contribution in [3.63, 3.8) is 0 Å². The Balaban J connectivity index is 2.34. The number of aliphatic hydroxyl groups excluding tert-OH is 2. The number of rotatable bonds is 7. The van der Waals surface area contributed by atoms with Gasteiger partial charge < -0.3 is 15.5 Å². The Bertz CT molecular complexity index is 917. The number of benzene rings is 2. The maximum atomic E-state index is 14.0. The number of anilines is 1. The SMILES string of the molecule is CN(CCO)S(=O)(=O)c1cc(C(O)Nc2cc(F)c(F)c(F)c2)ccc1F. The molecule has 0 heterocycles. The van der Waals surface area contributed by atoms with Gasteiger partial charge in [0.2, 0.25) is 10.0 Å². The lowest BCUT2D eigenvalue weighted by Crippen LogP contribution is -2.30. The molecule has 2 rings (SSSR count). The molecule has 6 nitrogen and oxygen atoms in total. The van der Waals surface area contributed by atoms with Crippen molar-refractivity contribution in [2.45, 2.75) is 11.1 Å². The highest BCUT2D eigenvalue weighted by Gasteiger charge is 2.25. The molecule has 0 aliphatic carbocycles. The largest absolute Gasteiger partial charge is 0.395 e. The molecule has 0 aliphatic heterocycles. The van der Waals surface area contributed by atoms with Crippen LogP contribution in [0.25, 0.3) is 0 Å². The summed E-state index contributed by atoms with van der Waals surface area (Å²) >= 11 is 0. The highest BCUT2D eigenvalue weighted by Crippen LogP contribution is 2.25. The van der Waals surface area contributed by atoms with Crippen molar-refractivity contribution in [3.8, 4) is 0 Å². The predicted molar refractivity (Wildman–Crippen MR) is 88.2 cm³/mol. The number of sulfonamides is 1. The smallest absolute Gasteiger partial charge is 0.245 e. The Morgan fingerprint density at radius 2 is 1.67 bits per heavy atom. The summed E-state index contributed by atoms with van der Waals surface area (Å²) in [6.45, 7) is -0.760. The maximum absolute atomic E-state index is 14.0. The van der Waals surface area contributed by atoms with Gasteiger partial charge in [-0.3, -0.25) is 0 Å². The first-order valence-electron chi connectivity index (χ1n) is 7.53. The molecule has 0 aliphatic rings. The van der Waals surface area contributed by atoms with E-state index in [1.807, 2.05) is 0 Å². The molecule has 3 N–H and O–H groups in total. The third-order valence-electron chi connectivity index (χ3n) is 3.66. The van der Waals surface area contributed by atoms with E-state index in [4.69, 9.17) is 5.11 Å². The van der Waals surface area contributed by atoms with Crippen molar-refractivity contribution >= 4 is 15.7 Å². The number of likely N-dealkylation sites (N-methyl/N-ethyl adjacent to an activating group) is 1. The van der Waals surface area contributed by atoms with E-state index in [1.54, 1.807) is 0 Å². The Kier molecular flexibility index (Phi) is 6.42. The van der Waals surface area contributed by atoms with Crippen LogP contribution >= 0.6 is 0 Å². The molecule has 1 unspecified atom stereocenters. The summed E-state index contributed by atoms with van der Waals surface area (Å²) in [5, 5.41) is 21.2. The Morgan fingerprint density at radius 3 is 2.22 bits per heavy atom. The van der Waals surface area contributed by atoms with Crippen LogP contribution in [0.3, 0.4) is 0 Å². The summed E-state index contributed by atoms with van der Waals surface area (Å²) in [7, 11) is -3.15. The lowest BCUT2D eigenvalue weighted by atomic mass is 10.2. The van der Waals surface area contributed by atoms with Gasteiger partial charge in [-0.05, 0) is 12.1 Å². The molecule has 0 spiro atoms. The maximum Gasteiger partial charge on any atom is 0.245 e. The van der Waals surface area contributed by atoms with E-state index in [-0.39, 0.29) is 17.8 Å². The average molecular weight is 408 g/mol. The number of hydrogen-bond acceptors (Lipinski definition) is 5. The van der Waals surface area contributed by atoms with Gasteiger partial charge in [0.25, 0.3) is 0 Å². The standard InChI is InChI=1S/C16H16F4N2O4S/c1-22(4-5-23)27(25,26)14-6-9(2-3-11(14)17)16(24)21-10-7-12(18)15(20)13(19)8-10/h2-3,6-8,16,21,23-24H,4-5H2,1H3. The molecule has 148 valence electrons. The first kappa shape index (κ1) is 21.1. The number of hydrogen-bond donors (Lipinski definition) is 3. The van der Waals surface area contributed by atoms with Gasteiger partial charge in [0.05, 0.1) is 6.61 Å². The highest BCUT2D eigenvalue weighted by atomic mass is 32.2. The number of nitrogens with one attached hydrogen (secondary N) is 1. The zero-order chi connectivity index (χ0) is 20.4. The van der Waals surface area contributed by atoms with E-state index in [9.17, 15) is 31.1 Å². The lowest BCUT2D eigenvalue weighted by molar-refractivity contribution is 0.207. The fourth-order valence-electron chi connectivity index (χ4n) is 2.20. The van der Waals surface area contributed by atoms with Crippen LogP contribution in [0, 0.1) is 23.3 Å². The molecule has 0 amide bonds. The first-order valence-corrected chi connectivity index (χ1v) is 8.97. The topological polar surface area (TPSA) is 89.9 Å². The van der Waals surface area contributed by atoms with Crippen LogP contribution in [0.4, 0.5) is 23.2 Å². The second-order valence-electron chi connectivity index (χ2n) is 5.54. The van der Waals surface area contributed by atoms with Crippen LogP contribution in [0.5, 0.6) is 0 Å². The van der Waals surface area contributed by atoms with Gasteiger partial charge in [0.15, 0.2) is 23.7 Å².